The number of hydrogen-bond acceptors (Lipinski definition) is 2. The van der Waals surface area contributed by atoms with Gasteiger partial charge in [-0.1, -0.05) is 36.8 Å². The monoisotopic (exact) mass is 352 g/mol. The van der Waals surface area contributed by atoms with Gasteiger partial charge in [-0.2, -0.15) is 0 Å². The van der Waals surface area contributed by atoms with E-state index in [0.717, 1.165) is 19.4 Å². The largest absolute Gasteiger partial charge is 0.349 e. The van der Waals surface area contributed by atoms with Crippen LogP contribution in [0.1, 0.15) is 48.0 Å². The first-order valence-electron chi connectivity index (χ1n) is 9.55. The van der Waals surface area contributed by atoms with E-state index in [1.165, 1.54) is 37.0 Å². The average Bonchev–Trinajstić information content (AvgIpc) is 2.64. The topological polar surface area (TPSA) is 32.3 Å². The molecule has 0 saturated carbocycles. The minimum absolute atomic E-state index is 0.0930. The summed E-state index contributed by atoms with van der Waals surface area (Å²) < 4.78 is 13.0. The molecule has 26 heavy (non-hydrogen) atoms. The number of amides is 1. The van der Waals surface area contributed by atoms with Crippen molar-refractivity contribution in [3.63, 3.8) is 0 Å². The average molecular weight is 352 g/mol. The standard InChI is InChI=1S/C22H25FN2O/c23-18-11-9-17(10-12-18)22(26)24-19-13-20-7-4-8-21(14-19)25(20)15-16-5-2-1-3-6-16/h1-3,5-6,9-12,19-21H,4,7-8,13-15H2,(H,24,26)/t20-,21-/m0/s1. The molecular formula is C22H25FN2O. The number of hydrogen-bond donors (Lipinski definition) is 1. The van der Waals surface area contributed by atoms with Crippen LogP contribution in [0.25, 0.3) is 0 Å². The minimum atomic E-state index is -0.315. The van der Waals surface area contributed by atoms with E-state index in [4.69, 9.17) is 0 Å². The Bertz CT molecular complexity index is 732. The lowest BCUT2D eigenvalue weighted by Gasteiger charge is -2.49. The Labute approximate surface area is 154 Å². The molecule has 2 aromatic rings. The molecule has 3 nitrogen and oxygen atoms in total. The second kappa shape index (κ2) is 7.58. The molecule has 0 spiro atoms. The van der Waals surface area contributed by atoms with Gasteiger partial charge in [0.25, 0.3) is 5.91 Å². The fraction of sp³-hybridized carbons (Fsp3) is 0.409. The molecule has 0 radical (unpaired) electrons. The molecule has 0 unspecified atom stereocenters. The second-order valence-corrected chi connectivity index (χ2v) is 7.55. The third-order valence-electron chi connectivity index (χ3n) is 5.78. The van der Waals surface area contributed by atoms with Crippen molar-refractivity contribution in [1.29, 1.82) is 0 Å². The highest BCUT2D eigenvalue weighted by molar-refractivity contribution is 5.94. The van der Waals surface area contributed by atoms with Gasteiger partial charge in [0.1, 0.15) is 5.82 Å². The van der Waals surface area contributed by atoms with Crippen molar-refractivity contribution in [2.24, 2.45) is 0 Å². The van der Waals surface area contributed by atoms with Gasteiger partial charge in [0.15, 0.2) is 0 Å². The van der Waals surface area contributed by atoms with Gasteiger partial charge >= 0.3 is 0 Å². The van der Waals surface area contributed by atoms with Gasteiger partial charge in [-0.3, -0.25) is 9.69 Å². The maximum atomic E-state index is 13.0. The highest BCUT2D eigenvalue weighted by Gasteiger charge is 2.38. The van der Waals surface area contributed by atoms with Crippen molar-refractivity contribution < 1.29 is 9.18 Å². The lowest BCUT2D eigenvalue weighted by molar-refractivity contribution is 0.0177. The fourth-order valence-electron chi connectivity index (χ4n) is 4.52. The van der Waals surface area contributed by atoms with Gasteiger partial charge < -0.3 is 5.32 Å². The second-order valence-electron chi connectivity index (χ2n) is 7.55. The van der Waals surface area contributed by atoms with E-state index in [-0.39, 0.29) is 17.8 Å². The molecule has 2 fully saturated rings. The number of nitrogens with one attached hydrogen (secondary N) is 1. The minimum Gasteiger partial charge on any atom is -0.349 e. The van der Waals surface area contributed by atoms with Crippen molar-refractivity contribution in [1.82, 2.24) is 10.2 Å². The maximum Gasteiger partial charge on any atom is 0.251 e. The molecule has 136 valence electrons. The fourth-order valence-corrected chi connectivity index (χ4v) is 4.52. The molecule has 1 N–H and O–H groups in total. The Morgan fingerprint density at radius 3 is 2.31 bits per heavy atom. The van der Waals surface area contributed by atoms with E-state index < -0.39 is 0 Å². The van der Waals surface area contributed by atoms with Crippen molar-refractivity contribution in [2.75, 3.05) is 0 Å². The molecule has 2 aliphatic rings. The van der Waals surface area contributed by atoms with Gasteiger partial charge in [0.05, 0.1) is 0 Å². The Balaban J connectivity index is 1.41. The normalized spacial score (nSPS) is 25.7. The van der Waals surface area contributed by atoms with E-state index in [2.05, 4.69) is 40.5 Å². The summed E-state index contributed by atoms with van der Waals surface area (Å²) in [6.45, 7) is 0.995. The highest BCUT2D eigenvalue weighted by Crippen LogP contribution is 2.35. The Kier molecular flexibility index (Phi) is 5.02. The molecule has 2 atom stereocenters. The number of fused-ring (bicyclic) bond motifs is 2. The highest BCUT2D eigenvalue weighted by atomic mass is 19.1. The third-order valence-corrected chi connectivity index (χ3v) is 5.78. The van der Waals surface area contributed by atoms with E-state index in [0.29, 0.717) is 17.6 Å². The van der Waals surface area contributed by atoms with E-state index >= 15 is 0 Å². The summed E-state index contributed by atoms with van der Waals surface area (Å²) in [4.78, 5) is 15.1. The summed E-state index contributed by atoms with van der Waals surface area (Å²) in [6.07, 6.45) is 5.67. The predicted octanol–water partition coefficient (Wildman–Crippen LogP) is 4.14. The van der Waals surface area contributed by atoms with Crippen LogP contribution < -0.4 is 5.32 Å². The van der Waals surface area contributed by atoms with Gasteiger partial charge in [0, 0.05) is 30.2 Å². The van der Waals surface area contributed by atoms with Gasteiger partial charge in [-0.15, -0.1) is 0 Å². The molecule has 2 aliphatic heterocycles. The Morgan fingerprint density at radius 1 is 1.00 bits per heavy atom. The van der Waals surface area contributed by atoms with E-state index in [9.17, 15) is 9.18 Å². The summed E-state index contributed by atoms with van der Waals surface area (Å²) >= 11 is 0. The number of benzene rings is 2. The molecule has 2 aromatic carbocycles. The molecule has 2 bridgehead atoms. The van der Waals surface area contributed by atoms with Crippen molar-refractivity contribution in [3.8, 4) is 0 Å². The number of nitrogens with zero attached hydrogens (tertiary/aromatic N) is 1. The summed E-state index contributed by atoms with van der Waals surface area (Å²) in [5, 5.41) is 3.18. The lowest BCUT2D eigenvalue weighted by atomic mass is 9.81. The summed E-state index contributed by atoms with van der Waals surface area (Å²) in [5.41, 5.74) is 1.89. The molecule has 2 heterocycles. The van der Waals surface area contributed by atoms with Crippen LogP contribution in [0.2, 0.25) is 0 Å². The predicted molar refractivity (Wildman–Crippen MR) is 100 cm³/mol. The molecule has 1 amide bonds. The molecular weight excluding hydrogens is 327 g/mol. The zero-order chi connectivity index (χ0) is 17.9. The third kappa shape index (κ3) is 3.80. The van der Waals surface area contributed by atoms with Gasteiger partial charge in [-0.25, -0.2) is 4.39 Å². The first-order valence-corrected chi connectivity index (χ1v) is 9.55. The Hall–Kier alpha value is -2.20. The first-order chi connectivity index (χ1) is 12.7. The van der Waals surface area contributed by atoms with Crippen LogP contribution in [0.15, 0.2) is 54.6 Å². The molecule has 2 saturated heterocycles. The summed E-state index contributed by atoms with van der Waals surface area (Å²) in [6, 6.07) is 17.7. The van der Waals surface area contributed by atoms with Crippen LogP contribution in [0.5, 0.6) is 0 Å². The van der Waals surface area contributed by atoms with Crippen molar-refractivity contribution in [2.45, 2.75) is 56.8 Å². The summed E-state index contributed by atoms with van der Waals surface area (Å²) in [7, 11) is 0. The smallest absolute Gasteiger partial charge is 0.251 e. The van der Waals surface area contributed by atoms with E-state index in [1.807, 2.05) is 0 Å². The maximum absolute atomic E-state index is 13.0. The van der Waals surface area contributed by atoms with Crippen LogP contribution >= 0.6 is 0 Å². The molecule has 4 heteroatoms. The number of carbonyl (C=O) groups excluding carboxylic acids is 1. The number of rotatable bonds is 4. The molecule has 0 aromatic heterocycles. The van der Waals surface area contributed by atoms with Gasteiger partial charge in [0.2, 0.25) is 0 Å². The van der Waals surface area contributed by atoms with Gasteiger partial charge in [-0.05, 0) is 55.5 Å². The zero-order valence-corrected chi connectivity index (χ0v) is 14.9. The number of halogens is 1. The lowest BCUT2D eigenvalue weighted by Crippen LogP contribution is -2.56. The van der Waals surface area contributed by atoms with Crippen LogP contribution in [0.3, 0.4) is 0 Å². The van der Waals surface area contributed by atoms with Crippen LogP contribution in [-0.4, -0.2) is 28.9 Å². The van der Waals surface area contributed by atoms with Crippen LogP contribution in [0, 0.1) is 5.82 Å². The molecule has 0 aliphatic carbocycles. The quantitative estimate of drug-likeness (QED) is 0.897. The van der Waals surface area contributed by atoms with Crippen LogP contribution in [-0.2, 0) is 6.54 Å². The Morgan fingerprint density at radius 2 is 1.65 bits per heavy atom. The van der Waals surface area contributed by atoms with E-state index in [1.54, 1.807) is 12.1 Å². The zero-order valence-electron chi connectivity index (χ0n) is 14.9. The number of piperidine rings is 2. The van der Waals surface area contributed by atoms with Crippen molar-refractivity contribution >= 4 is 5.91 Å². The van der Waals surface area contributed by atoms with Crippen molar-refractivity contribution in [3.05, 3.63) is 71.5 Å². The first kappa shape index (κ1) is 17.2. The molecule has 4 rings (SSSR count). The SMILES string of the molecule is O=C(NC1C[C@@H]2CCC[C@@H](C1)N2Cc1ccccc1)c1ccc(F)cc1. The summed E-state index contributed by atoms with van der Waals surface area (Å²) in [5.74, 6) is -0.408. The number of carbonyl (C=O) groups is 1. The van der Waals surface area contributed by atoms with Crippen LogP contribution in [0.4, 0.5) is 4.39 Å².